The molecule has 7 nitrogen and oxygen atoms in total. The summed E-state index contributed by atoms with van der Waals surface area (Å²) < 4.78 is 19.9. The minimum Gasteiger partial charge on any atom is -0.496 e. The van der Waals surface area contributed by atoms with E-state index in [-0.39, 0.29) is 12.2 Å². The average molecular weight is 579 g/mol. The van der Waals surface area contributed by atoms with Crippen molar-refractivity contribution in [1.82, 2.24) is 4.57 Å². The Kier molecular flexibility index (Phi) is 6.99. The van der Waals surface area contributed by atoms with Crippen LogP contribution in [0.3, 0.4) is 0 Å². The van der Waals surface area contributed by atoms with Gasteiger partial charge >= 0.3 is 5.97 Å². The van der Waals surface area contributed by atoms with Crippen molar-refractivity contribution < 1.29 is 18.7 Å². The van der Waals surface area contributed by atoms with Gasteiger partial charge in [-0.25, -0.2) is 9.79 Å². The smallest absolute Gasteiger partial charge is 0.338 e. The van der Waals surface area contributed by atoms with E-state index in [0.717, 1.165) is 10.0 Å². The number of carbonyl (C=O) groups is 1. The summed E-state index contributed by atoms with van der Waals surface area (Å²) in [5.41, 5.74) is 2.11. The van der Waals surface area contributed by atoms with Gasteiger partial charge in [0.25, 0.3) is 5.56 Å². The fourth-order valence-electron chi connectivity index (χ4n) is 4.33. The number of thiazole rings is 1. The van der Waals surface area contributed by atoms with Crippen LogP contribution < -0.4 is 19.6 Å². The molecule has 2 aromatic heterocycles. The highest BCUT2D eigenvalue weighted by Gasteiger charge is 2.34. The van der Waals surface area contributed by atoms with Crippen LogP contribution in [0, 0.1) is 0 Å². The van der Waals surface area contributed by atoms with E-state index < -0.39 is 12.0 Å². The summed E-state index contributed by atoms with van der Waals surface area (Å²) in [6, 6.07) is 18.1. The predicted octanol–water partition coefficient (Wildman–Crippen LogP) is 4.83. The molecule has 0 radical (unpaired) electrons. The first kappa shape index (κ1) is 25.0. The third-order valence-electron chi connectivity index (χ3n) is 5.96. The molecule has 0 N–H and O–H groups in total. The number of nitrogens with zero attached hydrogens (tertiary/aromatic N) is 2. The molecule has 2 aromatic carbocycles. The van der Waals surface area contributed by atoms with Crippen molar-refractivity contribution in [2.75, 3.05) is 13.7 Å². The minimum absolute atomic E-state index is 0.206. The molecule has 0 spiro atoms. The number of allylic oxidation sites excluding steroid dienone is 1. The summed E-state index contributed by atoms with van der Waals surface area (Å²) in [6.45, 7) is 3.70. The first-order valence-corrected chi connectivity index (χ1v) is 13.2. The Balaban J connectivity index is 1.67. The SMILES string of the molecule is CCOC(=O)C1=C(C)N=c2s/c(=C\c3ccc(-c4cccc(Br)c4)o3)c(=O)n2[C@H]1c1ccccc1OC. The molecular formula is C28H23BrN2O5S. The van der Waals surface area contributed by atoms with E-state index >= 15 is 0 Å². The summed E-state index contributed by atoms with van der Waals surface area (Å²) in [6.07, 6.45) is 1.70. The van der Waals surface area contributed by atoms with Gasteiger partial charge in [0.05, 0.1) is 29.5 Å². The number of aromatic nitrogens is 1. The van der Waals surface area contributed by atoms with Crippen molar-refractivity contribution in [2.45, 2.75) is 19.9 Å². The molecular weight excluding hydrogens is 556 g/mol. The van der Waals surface area contributed by atoms with Gasteiger partial charge in [-0.15, -0.1) is 0 Å². The molecule has 4 aromatic rings. The van der Waals surface area contributed by atoms with Crippen LogP contribution in [0.15, 0.2) is 90.6 Å². The van der Waals surface area contributed by atoms with Crippen LogP contribution in [0.4, 0.5) is 0 Å². The Bertz CT molecular complexity index is 1710. The van der Waals surface area contributed by atoms with E-state index in [1.165, 1.54) is 15.9 Å². The second-order valence-electron chi connectivity index (χ2n) is 8.26. The van der Waals surface area contributed by atoms with E-state index in [0.29, 0.717) is 43.4 Å². The number of methoxy groups -OCH3 is 1. The summed E-state index contributed by atoms with van der Waals surface area (Å²) in [4.78, 5) is 31.9. The van der Waals surface area contributed by atoms with Crippen molar-refractivity contribution in [2.24, 2.45) is 4.99 Å². The van der Waals surface area contributed by atoms with Crippen LogP contribution >= 0.6 is 27.3 Å². The summed E-state index contributed by atoms with van der Waals surface area (Å²) in [5, 5.41) is 0. The van der Waals surface area contributed by atoms with Gasteiger partial charge in [0, 0.05) is 21.7 Å². The molecule has 1 aliphatic heterocycles. The Morgan fingerprint density at radius 1 is 1.19 bits per heavy atom. The number of rotatable bonds is 6. The van der Waals surface area contributed by atoms with E-state index in [9.17, 15) is 9.59 Å². The summed E-state index contributed by atoms with van der Waals surface area (Å²) in [5.74, 6) is 1.27. The van der Waals surface area contributed by atoms with Gasteiger partial charge in [-0.3, -0.25) is 9.36 Å². The summed E-state index contributed by atoms with van der Waals surface area (Å²) in [7, 11) is 1.56. The predicted molar refractivity (Wildman–Crippen MR) is 145 cm³/mol. The second kappa shape index (κ2) is 10.4. The molecule has 0 saturated heterocycles. The lowest BCUT2D eigenvalue weighted by Crippen LogP contribution is -2.40. The number of halogens is 1. The Morgan fingerprint density at radius 3 is 2.76 bits per heavy atom. The zero-order valence-electron chi connectivity index (χ0n) is 20.4. The van der Waals surface area contributed by atoms with Crippen LogP contribution in [0.5, 0.6) is 5.75 Å². The van der Waals surface area contributed by atoms with Gasteiger partial charge < -0.3 is 13.9 Å². The lowest BCUT2D eigenvalue weighted by Gasteiger charge is -2.25. The van der Waals surface area contributed by atoms with Crippen molar-refractivity contribution in [3.05, 3.63) is 107 Å². The maximum absolute atomic E-state index is 13.8. The quantitative estimate of drug-likeness (QED) is 0.306. The molecule has 0 aliphatic carbocycles. The van der Waals surface area contributed by atoms with Crippen LogP contribution in [-0.2, 0) is 9.53 Å². The van der Waals surface area contributed by atoms with E-state index in [1.807, 2.05) is 54.6 Å². The van der Waals surface area contributed by atoms with Crippen LogP contribution in [0.1, 0.15) is 31.2 Å². The first-order chi connectivity index (χ1) is 17.9. The summed E-state index contributed by atoms with van der Waals surface area (Å²) >= 11 is 4.72. The van der Waals surface area contributed by atoms with Gasteiger partial charge in [-0.2, -0.15) is 0 Å². The van der Waals surface area contributed by atoms with Gasteiger partial charge in [-0.1, -0.05) is 57.6 Å². The number of hydrogen-bond acceptors (Lipinski definition) is 7. The standard InChI is InChI=1S/C28H23BrN2O5S/c1-4-35-27(33)24-16(2)30-28-31(25(24)20-10-5-6-11-22(20)34-3)26(32)23(37-28)15-19-12-13-21(36-19)17-8-7-9-18(29)14-17/h5-15,25H,4H2,1-3H3/b23-15-/t25-/m0/s1. The molecule has 9 heteroatoms. The molecule has 188 valence electrons. The molecule has 3 heterocycles. The van der Waals surface area contributed by atoms with Gasteiger partial charge in [0.15, 0.2) is 4.80 Å². The zero-order chi connectivity index (χ0) is 26.1. The molecule has 1 atom stereocenters. The number of benzene rings is 2. The Hall–Kier alpha value is -3.69. The number of hydrogen-bond donors (Lipinski definition) is 0. The monoisotopic (exact) mass is 578 g/mol. The third-order valence-corrected chi connectivity index (χ3v) is 7.44. The highest BCUT2D eigenvalue weighted by Crippen LogP contribution is 2.35. The number of esters is 1. The van der Waals surface area contributed by atoms with Crippen molar-refractivity contribution >= 4 is 39.3 Å². The van der Waals surface area contributed by atoms with Crippen molar-refractivity contribution in [1.29, 1.82) is 0 Å². The number of furan rings is 1. The van der Waals surface area contributed by atoms with Gasteiger partial charge in [-0.05, 0) is 44.2 Å². The van der Waals surface area contributed by atoms with Gasteiger partial charge in [0.1, 0.15) is 23.3 Å². The maximum Gasteiger partial charge on any atom is 0.338 e. The molecule has 37 heavy (non-hydrogen) atoms. The average Bonchev–Trinajstić information content (AvgIpc) is 3.48. The number of fused-ring (bicyclic) bond motifs is 1. The van der Waals surface area contributed by atoms with Crippen LogP contribution in [0.2, 0.25) is 0 Å². The largest absolute Gasteiger partial charge is 0.496 e. The van der Waals surface area contributed by atoms with Crippen molar-refractivity contribution in [3.63, 3.8) is 0 Å². The van der Waals surface area contributed by atoms with Crippen LogP contribution in [-0.4, -0.2) is 24.3 Å². The second-order valence-corrected chi connectivity index (χ2v) is 10.2. The zero-order valence-corrected chi connectivity index (χ0v) is 22.8. The molecule has 0 amide bonds. The lowest BCUT2D eigenvalue weighted by atomic mass is 9.95. The van der Waals surface area contributed by atoms with Crippen molar-refractivity contribution in [3.8, 4) is 17.1 Å². The highest BCUT2D eigenvalue weighted by molar-refractivity contribution is 9.10. The fraction of sp³-hybridized carbons (Fsp3) is 0.179. The number of para-hydroxylation sites is 1. The fourth-order valence-corrected chi connectivity index (χ4v) is 5.76. The van der Waals surface area contributed by atoms with E-state index in [2.05, 4.69) is 20.9 Å². The molecule has 0 bridgehead atoms. The Morgan fingerprint density at radius 2 is 2.00 bits per heavy atom. The lowest BCUT2D eigenvalue weighted by molar-refractivity contribution is -0.139. The van der Waals surface area contributed by atoms with E-state index in [1.54, 1.807) is 33.1 Å². The maximum atomic E-state index is 13.8. The highest BCUT2D eigenvalue weighted by atomic mass is 79.9. The number of carbonyl (C=O) groups excluding carboxylic acids is 1. The molecule has 1 aliphatic rings. The topological polar surface area (TPSA) is 83.0 Å². The van der Waals surface area contributed by atoms with Gasteiger partial charge in [0.2, 0.25) is 0 Å². The molecule has 5 rings (SSSR count). The van der Waals surface area contributed by atoms with E-state index in [4.69, 9.17) is 13.9 Å². The first-order valence-electron chi connectivity index (χ1n) is 11.6. The minimum atomic E-state index is -0.748. The van der Waals surface area contributed by atoms with Crippen LogP contribution in [0.25, 0.3) is 17.4 Å². The molecule has 0 fully saturated rings. The molecule has 0 saturated carbocycles. The third kappa shape index (κ3) is 4.72. The number of ether oxygens (including phenoxy) is 2. The Labute approximate surface area is 225 Å². The molecule has 0 unspecified atom stereocenters. The normalized spacial score (nSPS) is 15.4.